The van der Waals surface area contributed by atoms with Gasteiger partial charge in [-0.2, -0.15) is 0 Å². The van der Waals surface area contributed by atoms with Gasteiger partial charge in [0.2, 0.25) is 0 Å². The van der Waals surface area contributed by atoms with E-state index in [-0.39, 0.29) is 5.91 Å². The summed E-state index contributed by atoms with van der Waals surface area (Å²) in [5.74, 6) is 0.975. The van der Waals surface area contributed by atoms with E-state index < -0.39 is 0 Å². The summed E-state index contributed by atoms with van der Waals surface area (Å²) in [7, 11) is 0. The highest BCUT2D eigenvalue weighted by Crippen LogP contribution is 2.25. The standard InChI is InChI=1S/C24H31N5O/c1-2-21-23(27-20-9-4-3-5-10-20)29-12-11-19(14-22(29)28-21)24(30)26-16-18-8-6-7-17(13-18)15-25/h6-8,11-14,20,27H,2-5,9-10,15-16,25H2,1H3,(H,26,30). The molecule has 1 amide bonds. The Hall–Kier alpha value is -2.86. The van der Waals surface area contributed by atoms with Gasteiger partial charge in [0.05, 0.1) is 5.69 Å². The Labute approximate surface area is 177 Å². The molecule has 158 valence electrons. The van der Waals surface area contributed by atoms with E-state index in [4.69, 9.17) is 10.7 Å². The Morgan fingerprint density at radius 2 is 1.97 bits per heavy atom. The van der Waals surface area contributed by atoms with Gasteiger partial charge in [-0.05, 0) is 42.5 Å². The van der Waals surface area contributed by atoms with Crippen molar-refractivity contribution in [2.24, 2.45) is 5.73 Å². The van der Waals surface area contributed by atoms with Crippen LogP contribution < -0.4 is 16.4 Å². The van der Waals surface area contributed by atoms with E-state index in [9.17, 15) is 4.79 Å². The molecule has 1 fully saturated rings. The monoisotopic (exact) mass is 405 g/mol. The lowest BCUT2D eigenvalue weighted by Crippen LogP contribution is -2.24. The molecule has 30 heavy (non-hydrogen) atoms. The third kappa shape index (κ3) is 4.49. The first-order chi connectivity index (χ1) is 14.7. The van der Waals surface area contributed by atoms with Crippen LogP contribution in [0.3, 0.4) is 0 Å². The second kappa shape index (κ2) is 9.30. The van der Waals surface area contributed by atoms with Crippen LogP contribution >= 0.6 is 0 Å². The van der Waals surface area contributed by atoms with Crippen molar-refractivity contribution >= 4 is 17.4 Å². The summed E-state index contributed by atoms with van der Waals surface area (Å²) >= 11 is 0. The van der Waals surface area contributed by atoms with Crippen LogP contribution in [0.1, 0.15) is 66.2 Å². The number of aryl methyl sites for hydroxylation is 1. The number of carbonyl (C=O) groups excluding carboxylic acids is 1. The number of hydrogen-bond acceptors (Lipinski definition) is 4. The number of pyridine rings is 1. The molecule has 4 rings (SSSR count). The van der Waals surface area contributed by atoms with Crippen molar-refractivity contribution in [3.05, 3.63) is 65.0 Å². The van der Waals surface area contributed by atoms with Crippen molar-refractivity contribution in [3.63, 3.8) is 0 Å². The first-order valence-corrected chi connectivity index (χ1v) is 11.0. The van der Waals surface area contributed by atoms with Crippen molar-refractivity contribution in [1.82, 2.24) is 14.7 Å². The van der Waals surface area contributed by atoms with Crippen LogP contribution in [0, 0.1) is 0 Å². The maximum Gasteiger partial charge on any atom is 0.251 e. The van der Waals surface area contributed by atoms with E-state index in [2.05, 4.69) is 22.0 Å². The number of nitrogens with one attached hydrogen (secondary N) is 2. The molecule has 6 heteroatoms. The number of anilines is 1. The number of nitrogens with two attached hydrogens (primary N) is 1. The van der Waals surface area contributed by atoms with Gasteiger partial charge in [0, 0.05) is 30.9 Å². The minimum Gasteiger partial charge on any atom is -0.367 e. The third-order valence-corrected chi connectivity index (χ3v) is 5.92. The summed E-state index contributed by atoms with van der Waals surface area (Å²) in [6.45, 7) is 3.09. The fourth-order valence-electron chi connectivity index (χ4n) is 4.23. The molecule has 1 aromatic carbocycles. The molecule has 1 aliphatic carbocycles. The van der Waals surface area contributed by atoms with Gasteiger partial charge < -0.3 is 16.4 Å². The van der Waals surface area contributed by atoms with Crippen LogP contribution in [0.25, 0.3) is 5.65 Å². The molecule has 0 aliphatic heterocycles. The molecule has 0 saturated heterocycles. The van der Waals surface area contributed by atoms with Crippen molar-refractivity contribution < 1.29 is 4.79 Å². The number of rotatable bonds is 7. The van der Waals surface area contributed by atoms with Gasteiger partial charge in [0.25, 0.3) is 5.91 Å². The highest BCUT2D eigenvalue weighted by molar-refractivity contribution is 5.95. The maximum absolute atomic E-state index is 12.7. The van der Waals surface area contributed by atoms with Crippen LogP contribution in [0.2, 0.25) is 0 Å². The third-order valence-electron chi connectivity index (χ3n) is 5.92. The van der Waals surface area contributed by atoms with Crippen LogP contribution in [0.4, 0.5) is 5.82 Å². The molecular formula is C24H31N5O. The first-order valence-electron chi connectivity index (χ1n) is 11.0. The fourth-order valence-corrected chi connectivity index (χ4v) is 4.23. The summed E-state index contributed by atoms with van der Waals surface area (Å²) in [6, 6.07) is 12.2. The zero-order chi connectivity index (χ0) is 20.9. The molecule has 0 spiro atoms. The fraction of sp³-hybridized carbons (Fsp3) is 0.417. The molecule has 2 heterocycles. The number of imidazole rings is 1. The summed E-state index contributed by atoms with van der Waals surface area (Å²) in [5.41, 5.74) is 10.3. The second-order valence-electron chi connectivity index (χ2n) is 8.09. The zero-order valence-corrected chi connectivity index (χ0v) is 17.7. The van der Waals surface area contributed by atoms with E-state index in [0.29, 0.717) is 24.7 Å². The maximum atomic E-state index is 12.7. The number of carbonyl (C=O) groups is 1. The molecule has 3 aromatic rings. The molecule has 4 N–H and O–H groups in total. The number of nitrogens with zero attached hydrogens (tertiary/aromatic N) is 2. The minimum absolute atomic E-state index is 0.0986. The lowest BCUT2D eigenvalue weighted by atomic mass is 9.95. The molecule has 1 aliphatic rings. The largest absolute Gasteiger partial charge is 0.367 e. The molecule has 6 nitrogen and oxygen atoms in total. The van der Waals surface area contributed by atoms with Gasteiger partial charge in [-0.15, -0.1) is 0 Å². The molecular weight excluding hydrogens is 374 g/mol. The van der Waals surface area contributed by atoms with E-state index >= 15 is 0 Å². The number of hydrogen-bond donors (Lipinski definition) is 3. The van der Waals surface area contributed by atoms with Gasteiger partial charge in [-0.25, -0.2) is 4.98 Å². The average Bonchev–Trinajstić information content (AvgIpc) is 3.15. The number of fused-ring (bicyclic) bond motifs is 1. The molecule has 2 aromatic heterocycles. The minimum atomic E-state index is -0.0986. The van der Waals surface area contributed by atoms with Gasteiger partial charge in [-0.1, -0.05) is 50.5 Å². The normalized spacial score (nSPS) is 14.7. The van der Waals surface area contributed by atoms with Crippen LogP contribution in [-0.4, -0.2) is 21.3 Å². The lowest BCUT2D eigenvalue weighted by molar-refractivity contribution is 0.0951. The molecule has 0 radical (unpaired) electrons. The van der Waals surface area contributed by atoms with E-state index in [1.54, 1.807) is 0 Å². The first kappa shape index (κ1) is 20.4. The predicted octanol–water partition coefficient (Wildman–Crippen LogP) is 4.03. The lowest BCUT2D eigenvalue weighted by Gasteiger charge is -2.24. The Morgan fingerprint density at radius 1 is 1.17 bits per heavy atom. The highest BCUT2D eigenvalue weighted by atomic mass is 16.1. The molecule has 1 saturated carbocycles. The topological polar surface area (TPSA) is 84.5 Å². The van der Waals surface area contributed by atoms with Crippen molar-refractivity contribution in [3.8, 4) is 0 Å². The number of benzene rings is 1. The van der Waals surface area contributed by atoms with Gasteiger partial charge in [0.1, 0.15) is 11.5 Å². The van der Waals surface area contributed by atoms with Gasteiger partial charge in [-0.3, -0.25) is 9.20 Å². The number of amides is 1. The smallest absolute Gasteiger partial charge is 0.251 e. The Balaban J connectivity index is 1.50. The SMILES string of the molecule is CCc1nc2cc(C(=O)NCc3cccc(CN)c3)ccn2c1NC1CCCCC1. The summed E-state index contributed by atoms with van der Waals surface area (Å²) in [5, 5.41) is 6.72. The predicted molar refractivity (Wildman–Crippen MR) is 121 cm³/mol. The van der Waals surface area contributed by atoms with Crippen LogP contribution in [0.5, 0.6) is 0 Å². The Morgan fingerprint density at radius 3 is 2.73 bits per heavy atom. The van der Waals surface area contributed by atoms with Crippen molar-refractivity contribution in [2.45, 2.75) is 64.6 Å². The quantitative estimate of drug-likeness (QED) is 0.554. The van der Waals surface area contributed by atoms with E-state index in [0.717, 1.165) is 34.7 Å². The van der Waals surface area contributed by atoms with E-state index in [1.165, 1.54) is 32.1 Å². The van der Waals surface area contributed by atoms with E-state index in [1.807, 2.05) is 42.6 Å². The summed E-state index contributed by atoms with van der Waals surface area (Å²) < 4.78 is 2.08. The van der Waals surface area contributed by atoms with Gasteiger partial charge >= 0.3 is 0 Å². The second-order valence-corrected chi connectivity index (χ2v) is 8.09. The van der Waals surface area contributed by atoms with Crippen molar-refractivity contribution in [1.29, 1.82) is 0 Å². The average molecular weight is 406 g/mol. The van der Waals surface area contributed by atoms with Crippen molar-refractivity contribution in [2.75, 3.05) is 5.32 Å². The number of aromatic nitrogens is 2. The molecule has 0 bridgehead atoms. The summed E-state index contributed by atoms with van der Waals surface area (Å²) in [6.07, 6.45) is 9.14. The van der Waals surface area contributed by atoms with Gasteiger partial charge in [0.15, 0.2) is 0 Å². The highest BCUT2D eigenvalue weighted by Gasteiger charge is 2.18. The van der Waals surface area contributed by atoms with Crippen LogP contribution in [-0.2, 0) is 19.5 Å². The Kier molecular flexibility index (Phi) is 6.33. The Bertz CT molecular complexity index is 1020. The van der Waals surface area contributed by atoms with Crippen LogP contribution in [0.15, 0.2) is 42.6 Å². The zero-order valence-electron chi connectivity index (χ0n) is 17.7. The summed E-state index contributed by atoms with van der Waals surface area (Å²) in [4.78, 5) is 17.5. The molecule has 0 unspecified atom stereocenters. The molecule has 0 atom stereocenters.